The molecule has 1 aliphatic heterocycles. The van der Waals surface area contributed by atoms with E-state index in [9.17, 15) is 9.90 Å². The molecule has 1 aromatic carbocycles. The molecule has 0 radical (unpaired) electrons. The number of ketones is 1. The van der Waals surface area contributed by atoms with Gasteiger partial charge in [-0.05, 0) is 106 Å². The van der Waals surface area contributed by atoms with Crippen LogP contribution in [0.15, 0.2) is 18.2 Å². The number of Topliss-reactive ketones (excluding diaryl/α,β-unsaturated/α-hetero) is 1. The maximum absolute atomic E-state index is 15.7. The summed E-state index contributed by atoms with van der Waals surface area (Å²) in [5, 5.41) is 10.1. The molecular formula is C27H38FNO2. The van der Waals surface area contributed by atoms with Gasteiger partial charge in [-0.15, -0.1) is 0 Å². The molecular weight excluding hydrogens is 389 g/mol. The number of likely N-dealkylation sites (tertiary alicyclic amines) is 1. The zero-order valence-corrected chi connectivity index (χ0v) is 19.0. The molecule has 0 spiro atoms. The van der Waals surface area contributed by atoms with Gasteiger partial charge in [-0.2, -0.15) is 0 Å². The number of phenolic OH excluding ortho intramolecular Hbond substituents is 1. The van der Waals surface area contributed by atoms with Crippen molar-refractivity contribution in [2.45, 2.75) is 83.2 Å². The Morgan fingerprint density at radius 3 is 2.81 bits per heavy atom. The highest BCUT2D eigenvalue weighted by atomic mass is 19.1. The Morgan fingerprint density at radius 1 is 1.19 bits per heavy atom. The standard InChI is InChI=1S/C27H38FNO2/c1-27-17-23(28)26-21-9-8-20(30)16-19(21)15-18(25(26)22(27)10-11-24(27)31)7-3-2-4-12-29-13-5-6-14-29/h8-9,16,18,22-23,25-26,30H,2-7,10-15,17H2,1H3/t18?,22-,23?,25-,26-,27-/m0/s1. The molecule has 3 fully saturated rings. The molecule has 170 valence electrons. The number of fused-ring (bicyclic) bond motifs is 5. The van der Waals surface area contributed by atoms with Crippen LogP contribution in [0.1, 0.15) is 81.8 Å². The Bertz CT molecular complexity index is 819. The number of unbranched alkanes of at least 4 members (excludes halogenated alkanes) is 2. The third kappa shape index (κ3) is 3.83. The van der Waals surface area contributed by atoms with Gasteiger partial charge in [0.2, 0.25) is 0 Å². The lowest BCUT2D eigenvalue weighted by Gasteiger charge is -2.53. The summed E-state index contributed by atoms with van der Waals surface area (Å²) >= 11 is 0. The number of carbonyl (C=O) groups is 1. The predicted molar refractivity (Wildman–Crippen MR) is 121 cm³/mol. The molecule has 1 N–H and O–H groups in total. The summed E-state index contributed by atoms with van der Waals surface area (Å²) in [5.41, 5.74) is 1.77. The van der Waals surface area contributed by atoms with Crippen LogP contribution in [0.5, 0.6) is 5.75 Å². The van der Waals surface area contributed by atoms with E-state index in [1.807, 2.05) is 12.1 Å². The van der Waals surface area contributed by atoms with E-state index in [1.165, 1.54) is 51.7 Å². The molecule has 3 nitrogen and oxygen atoms in total. The Morgan fingerprint density at radius 2 is 2.00 bits per heavy atom. The summed E-state index contributed by atoms with van der Waals surface area (Å²) in [7, 11) is 0. The highest BCUT2D eigenvalue weighted by Gasteiger charge is 2.60. The van der Waals surface area contributed by atoms with Gasteiger partial charge in [-0.3, -0.25) is 4.79 Å². The molecule has 4 aliphatic rings. The second kappa shape index (κ2) is 8.50. The Balaban J connectivity index is 1.34. The van der Waals surface area contributed by atoms with Gasteiger partial charge in [0.05, 0.1) is 0 Å². The molecule has 0 aromatic heterocycles. The number of hydrogen-bond donors (Lipinski definition) is 1. The Labute approximate surface area is 186 Å². The van der Waals surface area contributed by atoms with E-state index < -0.39 is 11.6 Å². The van der Waals surface area contributed by atoms with Crippen molar-refractivity contribution in [1.82, 2.24) is 4.90 Å². The molecule has 2 unspecified atom stereocenters. The number of carbonyl (C=O) groups excluding carboxylic acids is 1. The highest BCUT2D eigenvalue weighted by Crippen LogP contribution is 2.62. The third-order valence-electron chi connectivity index (χ3n) is 9.29. The zero-order chi connectivity index (χ0) is 21.6. The lowest BCUT2D eigenvalue weighted by molar-refractivity contribution is -0.132. The Hall–Kier alpha value is -1.42. The topological polar surface area (TPSA) is 40.5 Å². The third-order valence-corrected chi connectivity index (χ3v) is 9.29. The first-order valence-electron chi connectivity index (χ1n) is 12.7. The van der Waals surface area contributed by atoms with E-state index in [1.54, 1.807) is 6.07 Å². The van der Waals surface area contributed by atoms with Crippen LogP contribution in [0.2, 0.25) is 0 Å². The van der Waals surface area contributed by atoms with Crippen LogP contribution < -0.4 is 0 Å². The lowest BCUT2D eigenvalue weighted by Crippen LogP contribution is -2.50. The molecule has 0 amide bonds. The van der Waals surface area contributed by atoms with E-state index in [0.29, 0.717) is 30.5 Å². The summed E-state index contributed by atoms with van der Waals surface area (Å²) in [4.78, 5) is 15.4. The van der Waals surface area contributed by atoms with Crippen LogP contribution in [0.25, 0.3) is 0 Å². The summed E-state index contributed by atoms with van der Waals surface area (Å²) in [5.74, 6) is 1.46. The fraction of sp³-hybridized carbons (Fsp3) is 0.741. The van der Waals surface area contributed by atoms with Gasteiger partial charge in [0, 0.05) is 17.8 Å². The smallest absolute Gasteiger partial charge is 0.139 e. The second-order valence-corrected chi connectivity index (χ2v) is 11.1. The molecule has 4 heteroatoms. The second-order valence-electron chi connectivity index (χ2n) is 11.1. The first-order chi connectivity index (χ1) is 15.0. The summed E-state index contributed by atoms with van der Waals surface area (Å²) < 4.78 is 15.7. The molecule has 1 heterocycles. The molecule has 0 bridgehead atoms. The van der Waals surface area contributed by atoms with Gasteiger partial charge in [0.15, 0.2) is 0 Å². The van der Waals surface area contributed by atoms with Crippen molar-refractivity contribution in [2.75, 3.05) is 19.6 Å². The molecule has 5 rings (SSSR count). The minimum Gasteiger partial charge on any atom is -0.508 e. The van der Waals surface area contributed by atoms with Gasteiger partial charge in [-0.25, -0.2) is 4.39 Å². The van der Waals surface area contributed by atoms with Crippen molar-refractivity contribution in [1.29, 1.82) is 0 Å². The monoisotopic (exact) mass is 427 g/mol. The van der Waals surface area contributed by atoms with E-state index in [2.05, 4.69) is 11.8 Å². The average Bonchev–Trinajstić information content (AvgIpc) is 3.35. The van der Waals surface area contributed by atoms with Crippen molar-refractivity contribution in [2.24, 2.45) is 23.2 Å². The number of hydrogen-bond acceptors (Lipinski definition) is 3. The minimum absolute atomic E-state index is 0.108. The number of benzene rings is 1. The summed E-state index contributed by atoms with van der Waals surface area (Å²) in [6.07, 6.45) is 9.38. The molecule has 3 aliphatic carbocycles. The maximum atomic E-state index is 15.7. The first kappa shape index (κ1) is 21.4. The quantitative estimate of drug-likeness (QED) is 0.597. The normalized spacial score (nSPS) is 37.5. The minimum atomic E-state index is -0.963. The number of aromatic hydroxyl groups is 1. The molecule has 1 aromatic rings. The van der Waals surface area contributed by atoms with Gasteiger partial charge in [0.1, 0.15) is 17.7 Å². The lowest BCUT2D eigenvalue weighted by atomic mass is 9.51. The van der Waals surface area contributed by atoms with Crippen LogP contribution in [0, 0.1) is 23.2 Å². The number of alkyl halides is 1. The van der Waals surface area contributed by atoms with E-state index >= 15 is 4.39 Å². The molecule has 31 heavy (non-hydrogen) atoms. The number of phenols is 1. The van der Waals surface area contributed by atoms with Crippen LogP contribution in [-0.4, -0.2) is 41.6 Å². The molecule has 1 saturated heterocycles. The molecule has 2 saturated carbocycles. The molecule has 6 atom stereocenters. The van der Waals surface area contributed by atoms with E-state index in [0.717, 1.165) is 30.4 Å². The first-order valence-corrected chi connectivity index (χ1v) is 12.7. The number of halogens is 1. The fourth-order valence-corrected chi connectivity index (χ4v) is 7.76. The van der Waals surface area contributed by atoms with E-state index in [-0.39, 0.29) is 17.6 Å². The van der Waals surface area contributed by atoms with E-state index in [4.69, 9.17) is 0 Å². The van der Waals surface area contributed by atoms with Crippen molar-refractivity contribution >= 4 is 5.78 Å². The summed E-state index contributed by atoms with van der Waals surface area (Å²) in [6.45, 7) is 5.79. The van der Waals surface area contributed by atoms with Crippen molar-refractivity contribution in [3.63, 3.8) is 0 Å². The van der Waals surface area contributed by atoms with Crippen molar-refractivity contribution in [3.8, 4) is 5.75 Å². The Kier molecular flexibility index (Phi) is 5.87. The van der Waals surface area contributed by atoms with Gasteiger partial charge in [-0.1, -0.05) is 25.8 Å². The van der Waals surface area contributed by atoms with Gasteiger partial charge >= 0.3 is 0 Å². The van der Waals surface area contributed by atoms with Gasteiger partial charge < -0.3 is 10.0 Å². The predicted octanol–water partition coefficient (Wildman–Crippen LogP) is 5.65. The zero-order valence-electron chi connectivity index (χ0n) is 19.0. The SMILES string of the molecule is C[C@]12CC(F)[C@@H]3c4ccc(O)cc4CC(CCCCCN4CCCC4)[C@H]3[C@@H]1CCC2=O. The highest BCUT2D eigenvalue weighted by molar-refractivity contribution is 5.87. The fourth-order valence-electron chi connectivity index (χ4n) is 7.76. The number of nitrogens with zero attached hydrogens (tertiary/aromatic N) is 1. The van der Waals surface area contributed by atoms with Crippen LogP contribution in [0.4, 0.5) is 4.39 Å². The van der Waals surface area contributed by atoms with Crippen molar-refractivity contribution < 1.29 is 14.3 Å². The number of rotatable bonds is 6. The van der Waals surface area contributed by atoms with Crippen LogP contribution in [-0.2, 0) is 11.2 Å². The summed E-state index contributed by atoms with van der Waals surface area (Å²) in [6, 6.07) is 5.54. The van der Waals surface area contributed by atoms with Crippen LogP contribution in [0.3, 0.4) is 0 Å². The average molecular weight is 428 g/mol. The largest absolute Gasteiger partial charge is 0.508 e. The maximum Gasteiger partial charge on any atom is 0.139 e. The van der Waals surface area contributed by atoms with Gasteiger partial charge in [0.25, 0.3) is 0 Å². The van der Waals surface area contributed by atoms with Crippen molar-refractivity contribution in [3.05, 3.63) is 29.3 Å². The van der Waals surface area contributed by atoms with Crippen LogP contribution >= 0.6 is 0 Å².